The summed E-state index contributed by atoms with van der Waals surface area (Å²) < 4.78 is 16.5. The van der Waals surface area contributed by atoms with Gasteiger partial charge in [-0.3, -0.25) is 14.4 Å². The van der Waals surface area contributed by atoms with Crippen LogP contribution in [0.25, 0.3) is 0 Å². The quantitative estimate of drug-likeness (QED) is 0.0273. The standard InChI is InChI=1S/C47H78O6/c1-4-7-10-13-16-18-20-22-24-26-27-29-31-34-37-40-46(49)52-43-44(42-51-45(48)39-36-33-15-12-9-6-3)53-47(50)41-38-35-32-30-28-25-23-21-19-17-14-11-8-5-2/h7,10,16,18,21-24,27,29,34,37,44H,4-6,8-9,11-15,17,19-20,25-26,28,30-33,35-36,38-43H2,1-3H3/b10-7-,18-16-,23-21-,24-22-,29-27-,37-34-. The van der Waals surface area contributed by atoms with Gasteiger partial charge in [-0.25, -0.2) is 0 Å². The maximum atomic E-state index is 12.6. The molecule has 0 spiro atoms. The van der Waals surface area contributed by atoms with Gasteiger partial charge in [0.2, 0.25) is 0 Å². The SMILES string of the molecule is CC/C=C\C/C=C\C/C=C\C/C=C\C/C=C\CC(=O)OCC(COC(=O)CCCCCCCC)OC(=O)CCCCCCC/C=C\CCCCCCC. The van der Waals surface area contributed by atoms with Gasteiger partial charge in [0, 0.05) is 12.8 Å². The van der Waals surface area contributed by atoms with Gasteiger partial charge in [0.25, 0.3) is 0 Å². The van der Waals surface area contributed by atoms with E-state index in [1.165, 1.54) is 64.2 Å². The van der Waals surface area contributed by atoms with Crippen LogP contribution in [-0.2, 0) is 28.6 Å². The number of ether oxygens (including phenoxy) is 3. The van der Waals surface area contributed by atoms with Gasteiger partial charge in [0.05, 0.1) is 6.42 Å². The second-order valence-corrected chi connectivity index (χ2v) is 13.9. The van der Waals surface area contributed by atoms with Gasteiger partial charge in [0.15, 0.2) is 6.10 Å². The van der Waals surface area contributed by atoms with Gasteiger partial charge in [0.1, 0.15) is 13.2 Å². The van der Waals surface area contributed by atoms with Crippen molar-refractivity contribution >= 4 is 17.9 Å². The lowest BCUT2D eigenvalue weighted by molar-refractivity contribution is -0.166. The molecular formula is C47H78O6. The second-order valence-electron chi connectivity index (χ2n) is 13.9. The number of rotatable bonds is 37. The predicted octanol–water partition coefficient (Wildman–Crippen LogP) is 13.5. The minimum atomic E-state index is -0.813. The van der Waals surface area contributed by atoms with E-state index in [1.54, 1.807) is 6.08 Å². The minimum Gasteiger partial charge on any atom is -0.462 e. The first-order valence-corrected chi connectivity index (χ1v) is 21.4. The molecular weight excluding hydrogens is 661 g/mol. The van der Waals surface area contributed by atoms with Gasteiger partial charge in [-0.1, -0.05) is 171 Å². The second kappa shape index (κ2) is 41.6. The molecule has 302 valence electrons. The fraction of sp³-hybridized carbons (Fsp3) is 0.681. The molecule has 6 nitrogen and oxygen atoms in total. The maximum absolute atomic E-state index is 12.6. The van der Waals surface area contributed by atoms with Crippen LogP contribution in [0.4, 0.5) is 0 Å². The molecule has 6 heteroatoms. The zero-order chi connectivity index (χ0) is 38.7. The highest BCUT2D eigenvalue weighted by Gasteiger charge is 2.19. The Kier molecular flexibility index (Phi) is 39.1. The molecule has 0 bridgehead atoms. The molecule has 0 aromatic heterocycles. The summed E-state index contributed by atoms with van der Waals surface area (Å²) in [4.78, 5) is 37.4. The third kappa shape index (κ3) is 39.9. The lowest BCUT2D eigenvalue weighted by Gasteiger charge is -2.18. The average molecular weight is 739 g/mol. The first-order chi connectivity index (χ1) is 26.0. The number of allylic oxidation sites excluding steroid dienone is 11. The largest absolute Gasteiger partial charge is 0.462 e. The fourth-order valence-electron chi connectivity index (χ4n) is 5.51. The van der Waals surface area contributed by atoms with Crippen molar-refractivity contribution in [1.29, 1.82) is 0 Å². The van der Waals surface area contributed by atoms with E-state index in [4.69, 9.17) is 14.2 Å². The molecule has 0 aliphatic carbocycles. The molecule has 0 fully saturated rings. The molecule has 0 saturated heterocycles. The zero-order valence-corrected chi connectivity index (χ0v) is 34.3. The molecule has 0 saturated carbocycles. The highest BCUT2D eigenvalue weighted by Crippen LogP contribution is 2.12. The Hall–Kier alpha value is -3.15. The Morgan fingerprint density at radius 2 is 0.811 bits per heavy atom. The van der Waals surface area contributed by atoms with E-state index in [0.29, 0.717) is 12.8 Å². The zero-order valence-electron chi connectivity index (χ0n) is 34.3. The van der Waals surface area contributed by atoms with Gasteiger partial charge >= 0.3 is 17.9 Å². The maximum Gasteiger partial charge on any atom is 0.309 e. The van der Waals surface area contributed by atoms with Crippen LogP contribution in [-0.4, -0.2) is 37.2 Å². The summed E-state index contributed by atoms with van der Waals surface area (Å²) in [7, 11) is 0. The fourth-order valence-corrected chi connectivity index (χ4v) is 5.51. The van der Waals surface area contributed by atoms with Gasteiger partial charge in [-0.2, -0.15) is 0 Å². The monoisotopic (exact) mass is 739 g/mol. The van der Waals surface area contributed by atoms with Crippen molar-refractivity contribution in [1.82, 2.24) is 0 Å². The van der Waals surface area contributed by atoms with Gasteiger partial charge in [-0.15, -0.1) is 0 Å². The highest BCUT2D eigenvalue weighted by molar-refractivity contribution is 5.72. The predicted molar refractivity (Wildman–Crippen MR) is 224 cm³/mol. The van der Waals surface area contributed by atoms with E-state index in [2.05, 4.69) is 81.5 Å². The van der Waals surface area contributed by atoms with E-state index >= 15 is 0 Å². The third-order valence-corrected chi connectivity index (χ3v) is 8.73. The van der Waals surface area contributed by atoms with Gasteiger partial charge in [-0.05, 0) is 70.6 Å². The van der Waals surface area contributed by atoms with Crippen LogP contribution in [0.1, 0.15) is 188 Å². The number of esters is 3. The van der Waals surface area contributed by atoms with Crippen molar-refractivity contribution in [2.75, 3.05) is 13.2 Å². The number of unbranched alkanes of at least 4 members (excludes halogenated alkanes) is 15. The Labute approximate surface area is 325 Å². The first kappa shape index (κ1) is 49.9. The number of carbonyl (C=O) groups is 3. The molecule has 0 aromatic carbocycles. The van der Waals surface area contributed by atoms with Crippen LogP contribution in [0.5, 0.6) is 0 Å². The molecule has 0 aromatic rings. The van der Waals surface area contributed by atoms with Crippen molar-refractivity contribution in [2.45, 2.75) is 194 Å². The van der Waals surface area contributed by atoms with E-state index in [-0.39, 0.29) is 31.6 Å². The molecule has 0 radical (unpaired) electrons. The Balaban J connectivity index is 4.46. The van der Waals surface area contributed by atoms with E-state index in [9.17, 15) is 14.4 Å². The average Bonchev–Trinajstić information content (AvgIpc) is 3.15. The molecule has 1 atom stereocenters. The topological polar surface area (TPSA) is 78.9 Å². The molecule has 53 heavy (non-hydrogen) atoms. The number of hydrogen-bond acceptors (Lipinski definition) is 6. The Morgan fingerprint density at radius 3 is 1.30 bits per heavy atom. The van der Waals surface area contributed by atoms with Crippen molar-refractivity contribution in [3.8, 4) is 0 Å². The summed E-state index contributed by atoms with van der Waals surface area (Å²) in [5.74, 6) is -1.07. The number of carbonyl (C=O) groups excluding carboxylic acids is 3. The summed E-state index contributed by atoms with van der Waals surface area (Å²) in [6, 6.07) is 0. The molecule has 0 heterocycles. The first-order valence-electron chi connectivity index (χ1n) is 21.4. The van der Waals surface area contributed by atoms with E-state index < -0.39 is 12.1 Å². The summed E-state index contributed by atoms with van der Waals surface area (Å²) in [5.41, 5.74) is 0. The summed E-state index contributed by atoms with van der Waals surface area (Å²) >= 11 is 0. The minimum absolute atomic E-state index is 0.110. The van der Waals surface area contributed by atoms with Crippen LogP contribution in [0.3, 0.4) is 0 Å². The van der Waals surface area contributed by atoms with Crippen molar-refractivity contribution in [3.05, 3.63) is 72.9 Å². The summed E-state index contributed by atoms with van der Waals surface area (Å²) in [6.07, 6.45) is 50.7. The van der Waals surface area contributed by atoms with Gasteiger partial charge < -0.3 is 14.2 Å². The lowest BCUT2D eigenvalue weighted by atomic mass is 10.1. The van der Waals surface area contributed by atoms with Crippen molar-refractivity contribution < 1.29 is 28.6 Å². The third-order valence-electron chi connectivity index (χ3n) is 8.73. The molecule has 0 rings (SSSR count). The molecule has 1 unspecified atom stereocenters. The Bertz CT molecular complexity index is 1030. The normalized spacial score (nSPS) is 12.7. The van der Waals surface area contributed by atoms with E-state index in [1.807, 2.05) is 6.08 Å². The molecule has 0 aliphatic heterocycles. The number of hydrogen-bond donors (Lipinski definition) is 0. The molecule has 0 aliphatic rings. The smallest absolute Gasteiger partial charge is 0.309 e. The van der Waals surface area contributed by atoms with Crippen LogP contribution >= 0.6 is 0 Å². The van der Waals surface area contributed by atoms with Crippen molar-refractivity contribution in [3.63, 3.8) is 0 Å². The summed E-state index contributed by atoms with van der Waals surface area (Å²) in [6.45, 7) is 6.33. The molecule has 0 N–H and O–H groups in total. The lowest BCUT2D eigenvalue weighted by Crippen LogP contribution is -2.30. The Morgan fingerprint density at radius 1 is 0.415 bits per heavy atom. The van der Waals surface area contributed by atoms with E-state index in [0.717, 1.165) is 83.5 Å². The van der Waals surface area contributed by atoms with Crippen LogP contribution < -0.4 is 0 Å². The highest BCUT2D eigenvalue weighted by atomic mass is 16.6. The van der Waals surface area contributed by atoms with Crippen LogP contribution in [0, 0.1) is 0 Å². The molecule has 0 amide bonds. The van der Waals surface area contributed by atoms with Crippen LogP contribution in [0.2, 0.25) is 0 Å². The summed E-state index contributed by atoms with van der Waals surface area (Å²) in [5, 5.41) is 0. The van der Waals surface area contributed by atoms with Crippen molar-refractivity contribution in [2.24, 2.45) is 0 Å². The van der Waals surface area contributed by atoms with Crippen LogP contribution in [0.15, 0.2) is 72.9 Å².